The molecule has 0 spiro atoms. The van der Waals surface area contributed by atoms with Crippen LogP contribution >= 0.6 is 0 Å². The van der Waals surface area contributed by atoms with Crippen molar-refractivity contribution in [2.75, 3.05) is 25.6 Å². The molecule has 0 aliphatic heterocycles. The standard InChI is InChI=1S/C18H18N2O5/c1-24-15-10-6-5-9-14(15)20-16(21)12-25-17(22)11-19-18(23)13-7-3-2-4-8-13/h2-10H,11-12H2,1H3,(H,19,23)(H,20,21). The van der Waals surface area contributed by atoms with Crippen LogP contribution in [0.15, 0.2) is 54.6 Å². The smallest absolute Gasteiger partial charge is 0.325 e. The van der Waals surface area contributed by atoms with Crippen molar-refractivity contribution in [3.8, 4) is 5.75 Å². The molecule has 0 aliphatic carbocycles. The van der Waals surface area contributed by atoms with Gasteiger partial charge in [-0.1, -0.05) is 30.3 Å². The van der Waals surface area contributed by atoms with Crippen LogP contribution in [0.25, 0.3) is 0 Å². The van der Waals surface area contributed by atoms with E-state index in [0.29, 0.717) is 17.0 Å². The summed E-state index contributed by atoms with van der Waals surface area (Å²) in [6.07, 6.45) is 0. The molecule has 0 fully saturated rings. The van der Waals surface area contributed by atoms with E-state index in [1.807, 2.05) is 0 Å². The van der Waals surface area contributed by atoms with E-state index in [1.54, 1.807) is 54.6 Å². The van der Waals surface area contributed by atoms with E-state index in [-0.39, 0.29) is 6.54 Å². The van der Waals surface area contributed by atoms with Gasteiger partial charge in [-0.25, -0.2) is 0 Å². The van der Waals surface area contributed by atoms with Gasteiger partial charge in [-0.05, 0) is 24.3 Å². The Kier molecular flexibility index (Phi) is 6.53. The number of carbonyl (C=O) groups is 3. The highest BCUT2D eigenvalue weighted by Crippen LogP contribution is 2.22. The van der Waals surface area contributed by atoms with Crippen molar-refractivity contribution >= 4 is 23.5 Å². The highest BCUT2D eigenvalue weighted by molar-refractivity contribution is 5.96. The fourth-order valence-corrected chi connectivity index (χ4v) is 1.98. The van der Waals surface area contributed by atoms with Crippen LogP contribution < -0.4 is 15.4 Å². The van der Waals surface area contributed by atoms with Crippen molar-refractivity contribution < 1.29 is 23.9 Å². The topological polar surface area (TPSA) is 93.7 Å². The third-order valence-electron chi connectivity index (χ3n) is 3.17. The Labute approximate surface area is 144 Å². The summed E-state index contributed by atoms with van der Waals surface area (Å²) >= 11 is 0. The summed E-state index contributed by atoms with van der Waals surface area (Å²) in [6.45, 7) is -0.784. The maximum absolute atomic E-state index is 11.8. The fraction of sp³-hybridized carbons (Fsp3) is 0.167. The molecule has 0 saturated carbocycles. The molecule has 2 rings (SSSR count). The van der Waals surface area contributed by atoms with Crippen LogP contribution in [0.5, 0.6) is 5.75 Å². The molecular formula is C18H18N2O5. The number of esters is 1. The molecule has 2 aromatic carbocycles. The summed E-state index contributed by atoms with van der Waals surface area (Å²) in [5.41, 5.74) is 0.910. The second-order valence-electron chi connectivity index (χ2n) is 4.96. The average Bonchev–Trinajstić information content (AvgIpc) is 2.65. The third kappa shape index (κ3) is 5.65. The number of methoxy groups -OCH3 is 1. The molecule has 0 atom stereocenters. The second kappa shape index (κ2) is 9.07. The first kappa shape index (κ1) is 18.0. The summed E-state index contributed by atoms with van der Waals surface area (Å²) in [5, 5.41) is 5.00. The van der Waals surface area contributed by atoms with Crippen molar-refractivity contribution in [2.45, 2.75) is 0 Å². The first-order chi connectivity index (χ1) is 12.1. The molecule has 25 heavy (non-hydrogen) atoms. The minimum absolute atomic E-state index is 0.324. The highest BCUT2D eigenvalue weighted by atomic mass is 16.5. The molecule has 0 bridgehead atoms. The van der Waals surface area contributed by atoms with E-state index in [1.165, 1.54) is 7.11 Å². The number of carbonyl (C=O) groups excluding carboxylic acids is 3. The highest BCUT2D eigenvalue weighted by Gasteiger charge is 2.12. The van der Waals surface area contributed by atoms with Gasteiger partial charge in [0.2, 0.25) is 0 Å². The summed E-state index contributed by atoms with van der Waals surface area (Å²) < 4.78 is 9.94. The van der Waals surface area contributed by atoms with Gasteiger partial charge in [0.05, 0.1) is 12.8 Å². The van der Waals surface area contributed by atoms with Gasteiger partial charge in [0.15, 0.2) is 6.61 Å². The zero-order chi connectivity index (χ0) is 18.1. The van der Waals surface area contributed by atoms with Crippen molar-refractivity contribution in [2.24, 2.45) is 0 Å². The molecule has 0 saturated heterocycles. The van der Waals surface area contributed by atoms with Crippen LogP contribution in [0.2, 0.25) is 0 Å². The molecule has 7 heteroatoms. The first-order valence-electron chi connectivity index (χ1n) is 7.52. The number of anilines is 1. The van der Waals surface area contributed by atoms with Crippen LogP contribution in [-0.4, -0.2) is 38.0 Å². The quantitative estimate of drug-likeness (QED) is 0.746. The fourth-order valence-electron chi connectivity index (χ4n) is 1.98. The lowest BCUT2D eigenvalue weighted by Crippen LogP contribution is -2.32. The molecule has 0 radical (unpaired) electrons. The van der Waals surface area contributed by atoms with Gasteiger partial charge in [0.25, 0.3) is 11.8 Å². The van der Waals surface area contributed by atoms with Gasteiger partial charge in [-0.3, -0.25) is 14.4 Å². The lowest BCUT2D eigenvalue weighted by Gasteiger charge is -2.10. The van der Waals surface area contributed by atoms with Crippen LogP contribution in [0.4, 0.5) is 5.69 Å². The molecule has 7 nitrogen and oxygen atoms in total. The number of amides is 2. The molecule has 0 aromatic heterocycles. The lowest BCUT2D eigenvalue weighted by atomic mass is 10.2. The summed E-state index contributed by atoms with van der Waals surface area (Å²) in [4.78, 5) is 35.2. The zero-order valence-electron chi connectivity index (χ0n) is 13.7. The Hall–Kier alpha value is -3.35. The Morgan fingerprint density at radius 3 is 2.36 bits per heavy atom. The van der Waals surface area contributed by atoms with Crippen molar-refractivity contribution in [1.82, 2.24) is 5.32 Å². The van der Waals surface area contributed by atoms with E-state index < -0.39 is 24.4 Å². The van der Waals surface area contributed by atoms with Gasteiger partial charge in [-0.2, -0.15) is 0 Å². The van der Waals surface area contributed by atoms with E-state index in [9.17, 15) is 14.4 Å². The normalized spacial score (nSPS) is 9.80. The minimum atomic E-state index is -0.709. The van der Waals surface area contributed by atoms with Gasteiger partial charge in [-0.15, -0.1) is 0 Å². The Bertz CT molecular complexity index is 746. The van der Waals surface area contributed by atoms with E-state index in [4.69, 9.17) is 9.47 Å². The predicted molar refractivity (Wildman–Crippen MR) is 91.4 cm³/mol. The molecule has 2 aromatic rings. The van der Waals surface area contributed by atoms with E-state index in [0.717, 1.165) is 0 Å². The molecular weight excluding hydrogens is 324 g/mol. The number of nitrogens with one attached hydrogen (secondary N) is 2. The van der Waals surface area contributed by atoms with E-state index in [2.05, 4.69) is 10.6 Å². The molecule has 2 N–H and O–H groups in total. The van der Waals surface area contributed by atoms with Crippen LogP contribution in [-0.2, 0) is 14.3 Å². The molecule has 0 aliphatic rings. The summed E-state index contributed by atoms with van der Waals surface area (Å²) in [6, 6.07) is 15.3. The summed E-state index contributed by atoms with van der Waals surface area (Å²) in [5.74, 6) is -1.11. The molecule has 0 unspecified atom stereocenters. The van der Waals surface area contributed by atoms with Gasteiger partial charge >= 0.3 is 5.97 Å². The first-order valence-corrected chi connectivity index (χ1v) is 7.52. The number of hydrogen-bond donors (Lipinski definition) is 2. The number of hydrogen-bond acceptors (Lipinski definition) is 5. The number of ether oxygens (including phenoxy) is 2. The number of benzene rings is 2. The maximum atomic E-state index is 11.8. The van der Waals surface area contributed by atoms with Crippen molar-refractivity contribution in [1.29, 1.82) is 0 Å². The predicted octanol–water partition coefficient (Wildman–Crippen LogP) is 1.61. The zero-order valence-corrected chi connectivity index (χ0v) is 13.7. The van der Waals surface area contributed by atoms with Gasteiger partial charge in [0, 0.05) is 5.56 Å². The van der Waals surface area contributed by atoms with Crippen LogP contribution in [0.1, 0.15) is 10.4 Å². The van der Waals surface area contributed by atoms with Crippen molar-refractivity contribution in [3.63, 3.8) is 0 Å². The van der Waals surface area contributed by atoms with Crippen molar-refractivity contribution in [3.05, 3.63) is 60.2 Å². The SMILES string of the molecule is COc1ccccc1NC(=O)COC(=O)CNC(=O)c1ccccc1. The van der Waals surface area contributed by atoms with E-state index >= 15 is 0 Å². The summed E-state index contributed by atoms with van der Waals surface area (Å²) in [7, 11) is 1.49. The Balaban J connectivity index is 1.74. The Morgan fingerprint density at radius 2 is 1.64 bits per heavy atom. The lowest BCUT2D eigenvalue weighted by molar-refractivity contribution is -0.146. The second-order valence-corrected chi connectivity index (χ2v) is 4.96. The molecule has 0 heterocycles. The largest absolute Gasteiger partial charge is 0.495 e. The van der Waals surface area contributed by atoms with Crippen LogP contribution in [0.3, 0.4) is 0 Å². The third-order valence-corrected chi connectivity index (χ3v) is 3.17. The molecule has 2 amide bonds. The van der Waals surface area contributed by atoms with Gasteiger partial charge in [0.1, 0.15) is 12.3 Å². The maximum Gasteiger partial charge on any atom is 0.325 e. The Morgan fingerprint density at radius 1 is 0.960 bits per heavy atom. The monoisotopic (exact) mass is 342 g/mol. The van der Waals surface area contributed by atoms with Gasteiger partial charge < -0.3 is 20.1 Å². The molecule has 130 valence electrons. The number of para-hydroxylation sites is 2. The number of rotatable bonds is 7. The minimum Gasteiger partial charge on any atom is -0.495 e. The average molecular weight is 342 g/mol. The van der Waals surface area contributed by atoms with Crippen LogP contribution in [0, 0.1) is 0 Å².